The molecule has 0 fully saturated rings. The molecule has 66 valence electrons. The summed E-state index contributed by atoms with van der Waals surface area (Å²) in [5.74, 6) is 0. The zero-order valence-electron chi connectivity index (χ0n) is 7.79. The lowest BCUT2D eigenvalue weighted by Crippen LogP contribution is -1.92. The quantitative estimate of drug-likeness (QED) is 0.670. The predicted molar refractivity (Wildman–Crippen MR) is 52.2 cm³/mol. The summed E-state index contributed by atoms with van der Waals surface area (Å²) >= 11 is 0. The highest BCUT2D eigenvalue weighted by Crippen LogP contribution is 2.06. The fraction of sp³-hybridized carbons (Fsp3) is 0.300. The normalized spacial score (nSPS) is 7.92. The van der Waals surface area contributed by atoms with Gasteiger partial charge in [0.05, 0.1) is 0 Å². The van der Waals surface area contributed by atoms with Crippen LogP contribution in [0, 0.1) is 6.92 Å². The topological polar surface area (TPSA) is 29.1 Å². The van der Waals surface area contributed by atoms with Crippen molar-refractivity contribution in [1.29, 1.82) is 0 Å². The minimum Gasteiger partial charge on any atom is -0.329 e. The van der Waals surface area contributed by atoms with Gasteiger partial charge in [0.15, 0.2) is 0 Å². The van der Waals surface area contributed by atoms with Crippen molar-refractivity contribution >= 4 is 12.1 Å². The van der Waals surface area contributed by atoms with E-state index in [1.807, 2.05) is 45.0 Å². The number of anilines is 1. The largest absolute Gasteiger partial charge is 0.329 e. The Morgan fingerprint density at radius 1 is 1.17 bits per heavy atom. The van der Waals surface area contributed by atoms with E-state index in [1.165, 1.54) is 5.56 Å². The molecule has 0 aliphatic heterocycles. The lowest BCUT2D eigenvalue weighted by atomic mass is 10.2. The van der Waals surface area contributed by atoms with Crippen LogP contribution >= 0.6 is 0 Å². The average Bonchev–Trinajstić information content (AvgIpc) is 2.13. The summed E-state index contributed by atoms with van der Waals surface area (Å²) in [6.45, 7) is 6.00. The number of nitrogens with one attached hydrogen (secondary N) is 1. The van der Waals surface area contributed by atoms with Crippen molar-refractivity contribution in [3.05, 3.63) is 29.8 Å². The smallest absolute Gasteiger partial charge is 0.211 e. The third-order valence-corrected chi connectivity index (χ3v) is 1.28. The third-order valence-electron chi connectivity index (χ3n) is 1.28. The van der Waals surface area contributed by atoms with Crippen LogP contribution in [0.25, 0.3) is 0 Å². The van der Waals surface area contributed by atoms with Crippen molar-refractivity contribution < 1.29 is 4.79 Å². The SMILES string of the molecule is CC.Cc1ccc(NC=O)cc1. The van der Waals surface area contributed by atoms with Gasteiger partial charge in [0.25, 0.3) is 0 Å². The van der Waals surface area contributed by atoms with E-state index in [2.05, 4.69) is 5.32 Å². The number of hydrogen-bond donors (Lipinski definition) is 1. The molecule has 1 aromatic carbocycles. The Morgan fingerprint density at radius 3 is 2.08 bits per heavy atom. The van der Waals surface area contributed by atoms with Crippen molar-refractivity contribution in [2.75, 3.05) is 5.32 Å². The molecule has 0 aromatic heterocycles. The molecular formula is C10H15NO. The van der Waals surface area contributed by atoms with Crippen molar-refractivity contribution in [3.8, 4) is 0 Å². The molecule has 0 radical (unpaired) electrons. The first-order valence-electron chi connectivity index (χ1n) is 4.10. The van der Waals surface area contributed by atoms with Gasteiger partial charge in [-0.2, -0.15) is 0 Å². The van der Waals surface area contributed by atoms with E-state index in [-0.39, 0.29) is 0 Å². The van der Waals surface area contributed by atoms with Crippen LogP contribution in [0.4, 0.5) is 5.69 Å². The molecule has 0 aliphatic rings. The summed E-state index contributed by atoms with van der Waals surface area (Å²) in [5, 5.41) is 2.55. The highest BCUT2D eigenvalue weighted by atomic mass is 16.1. The highest BCUT2D eigenvalue weighted by Gasteiger charge is 1.86. The first-order valence-corrected chi connectivity index (χ1v) is 4.10. The molecule has 1 rings (SSSR count). The van der Waals surface area contributed by atoms with Gasteiger partial charge in [-0.1, -0.05) is 31.5 Å². The fourth-order valence-corrected chi connectivity index (χ4v) is 0.718. The minimum absolute atomic E-state index is 0.671. The predicted octanol–water partition coefficient (Wildman–Crippen LogP) is 2.59. The molecule has 1 N–H and O–H groups in total. The highest BCUT2D eigenvalue weighted by molar-refractivity contribution is 5.70. The Labute approximate surface area is 73.6 Å². The van der Waals surface area contributed by atoms with Crippen LogP contribution < -0.4 is 5.32 Å². The first kappa shape index (κ1) is 10.7. The molecule has 0 spiro atoms. The van der Waals surface area contributed by atoms with E-state index in [0.29, 0.717) is 6.41 Å². The van der Waals surface area contributed by atoms with E-state index < -0.39 is 0 Å². The van der Waals surface area contributed by atoms with Gasteiger partial charge >= 0.3 is 0 Å². The number of aryl methyl sites for hydroxylation is 1. The van der Waals surface area contributed by atoms with Crippen molar-refractivity contribution in [1.82, 2.24) is 0 Å². The van der Waals surface area contributed by atoms with Crippen molar-refractivity contribution in [2.45, 2.75) is 20.8 Å². The lowest BCUT2D eigenvalue weighted by Gasteiger charge is -1.96. The van der Waals surface area contributed by atoms with E-state index in [9.17, 15) is 4.79 Å². The zero-order valence-corrected chi connectivity index (χ0v) is 7.79. The van der Waals surface area contributed by atoms with Gasteiger partial charge in [-0.25, -0.2) is 0 Å². The van der Waals surface area contributed by atoms with Crippen LogP contribution in [-0.2, 0) is 4.79 Å². The van der Waals surface area contributed by atoms with E-state index in [1.54, 1.807) is 0 Å². The molecule has 1 amide bonds. The molecule has 0 aliphatic carbocycles. The summed E-state index contributed by atoms with van der Waals surface area (Å²) in [6.07, 6.45) is 0.671. The molecule has 0 atom stereocenters. The molecule has 0 saturated heterocycles. The summed E-state index contributed by atoms with van der Waals surface area (Å²) in [6, 6.07) is 7.63. The molecule has 2 heteroatoms. The number of carbonyl (C=O) groups excluding carboxylic acids is 1. The second kappa shape index (κ2) is 6.40. The molecule has 2 nitrogen and oxygen atoms in total. The Kier molecular flexibility index (Phi) is 5.70. The lowest BCUT2D eigenvalue weighted by molar-refractivity contribution is -0.105. The van der Waals surface area contributed by atoms with Crippen LogP contribution in [0.2, 0.25) is 0 Å². The Morgan fingerprint density at radius 2 is 1.67 bits per heavy atom. The summed E-state index contributed by atoms with van der Waals surface area (Å²) in [5.41, 5.74) is 2.03. The maximum atomic E-state index is 9.95. The Hall–Kier alpha value is -1.31. The second-order valence-corrected chi connectivity index (χ2v) is 2.13. The van der Waals surface area contributed by atoms with Crippen LogP contribution in [0.15, 0.2) is 24.3 Å². The van der Waals surface area contributed by atoms with E-state index >= 15 is 0 Å². The molecule has 1 aromatic rings. The van der Waals surface area contributed by atoms with Gasteiger partial charge in [-0.3, -0.25) is 4.79 Å². The van der Waals surface area contributed by atoms with Gasteiger partial charge in [0, 0.05) is 5.69 Å². The fourth-order valence-electron chi connectivity index (χ4n) is 0.718. The number of carbonyl (C=O) groups is 1. The molecule has 0 heterocycles. The monoisotopic (exact) mass is 165 g/mol. The van der Waals surface area contributed by atoms with E-state index in [4.69, 9.17) is 0 Å². The van der Waals surface area contributed by atoms with Gasteiger partial charge < -0.3 is 5.32 Å². The molecular weight excluding hydrogens is 150 g/mol. The molecule has 0 bridgehead atoms. The average molecular weight is 165 g/mol. The van der Waals surface area contributed by atoms with Crippen LogP contribution in [-0.4, -0.2) is 6.41 Å². The zero-order chi connectivity index (χ0) is 9.40. The summed E-state index contributed by atoms with van der Waals surface area (Å²) < 4.78 is 0. The number of benzene rings is 1. The van der Waals surface area contributed by atoms with Gasteiger partial charge in [-0.05, 0) is 19.1 Å². The van der Waals surface area contributed by atoms with Crippen LogP contribution in [0.3, 0.4) is 0 Å². The third kappa shape index (κ3) is 3.76. The van der Waals surface area contributed by atoms with Crippen molar-refractivity contribution in [3.63, 3.8) is 0 Å². The number of amides is 1. The van der Waals surface area contributed by atoms with E-state index in [0.717, 1.165) is 5.69 Å². The van der Waals surface area contributed by atoms with Crippen LogP contribution in [0.5, 0.6) is 0 Å². The maximum Gasteiger partial charge on any atom is 0.211 e. The molecule has 12 heavy (non-hydrogen) atoms. The number of rotatable bonds is 2. The summed E-state index contributed by atoms with van der Waals surface area (Å²) in [7, 11) is 0. The van der Waals surface area contributed by atoms with Gasteiger partial charge in [0.1, 0.15) is 0 Å². The van der Waals surface area contributed by atoms with Crippen molar-refractivity contribution in [2.24, 2.45) is 0 Å². The first-order chi connectivity index (χ1) is 5.83. The molecule has 0 unspecified atom stereocenters. The standard InChI is InChI=1S/C8H9NO.C2H6/c1-7-2-4-8(5-3-7)9-6-10;1-2/h2-6H,1H3,(H,9,10);1-2H3. The van der Waals surface area contributed by atoms with Gasteiger partial charge in [0.2, 0.25) is 6.41 Å². The maximum absolute atomic E-state index is 9.95. The Bertz CT molecular complexity index is 216. The minimum atomic E-state index is 0.671. The van der Waals surface area contributed by atoms with Gasteiger partial charge in [-0.15, -0.1) is 0 Å². The van der Waals surface area contributed by atoms with Crippen LogP contribution in [0.1, 0.15) is 19.4 Å². The molecule has 0 saturated carbocycles. The Balaban J connectivity index is 0.000000561. The summed E-state index contributed by atoms with van der Waals surface area (Å²) in [4.78, 5) is 9.95. The number of hydrogen-bond acceptors (Lipinski definition) is 1. The second-order valence-electron chi connectivity index (χ2n) is 2.13.